The van der Waals surface area contributed by atoms with Crippen LogP contribution in [0.2, 0.25) is 0 Å². The number of halogens is 1. The Kier molecular flexibility index (Phi) is 8.97. The quantitative estimate of drug-likeness (QED) is 0.455. The van der Waals surface area contributed by atoms with Crippen LogP contribution in [-0.2, 0) is 4.79 Å². The Morgan fingerprint density at radius 3 is 2.73 bits per heavy atom. The number of hydrogen-bond acceptors (Lipinski definition) is 3. The second kappa shape index (κ2) is 10.5. The van der Waals surface area contributed by atoms with Gasteiger partial charge >= 0.3 is 5.97 Å². The lowest BCUT2D eigenvalue weighted by Gasteiger charge is -2.19. The molecule has 124 valence electrons. The number of alkyl halides is 1. The lowest BCUT2D eigenvalue weighted by molar-refractivity contribution is -0.137. The predicted octanol–water partition coefficient (Wildman–Crippen LogP) is 4.61. The van der Waals surface area contributed by atoms with Crippen molar-refractivity contribution < 1.29 is 19.4 Å². The highest BCUT2D eigenvalue weighted by Crippen LogP contribution is 2.35. The number of methoxy groups -OCH3 is 1. The highest BCUT2D eigenvalue weighted by atomic mass is 79.9. The molecule has 1 rings (SSSR count). The maximum absolute atomic E-state index is 11.1. The highest BCUT2D eigenvalue weighted by molar-refractivity contribution is 9.09. The van der Waals surface area contributed by atoms with Gasteiger partial charge in [-0.25, -0.2) is 0 Å². The second-order valence-corrected chi connectivity index (χ2v) is 6.02. The zero-order chi connectivity index (χ0) is 16.4. The number of carboxylic acid groups (broad SMARTS) is 1. The molecule has 0 spiro atoms. The number of ether oxygens (including phenoxy) is 2. The fraction of sp³-hybridized carbons (Fsp3) is 0.588. The zero-order valence-electron chi connectivity index (χ0n) is 13.3. The van der Waals surface area contributed by atoms with Crippen molar-refractivity contribution in [2.24, 2.45) is 0 Å². The molecule has 0 radical (unpaired) electrons. The van der Waals surface area contributed by atoms with E-state index in [1.54, 1.807) is 7.11 Å². The summed E-state index contributed by atoms with van der Waals surface area (Å²) in [4.78, 5) is 11.1. The summed E-state index contributed by atoms with van der Waals surface area (Å²) in [5.74, 6) is 0.662. The van der Waals surface area contributed by atoms with Gasteiger partial charge in [-0.05, 0) is 30.4 Å². The molecule has 0 bridgehead atoms. The minimum Gasteiger partial charge on any atom is -0.496 e. The summed E-state index contributed by atoms with van der Waals surface area (Å²) < 4.78 is 11.1. The molecule has 0 aliphatic heterocycles. The smallest absolute Gasteiger partial charge is 0.303 e. The topological polar surface area (TPSA) is 55.8 Å². The first-order valence-electron chi connectivity index (χ1n) is 7.70. The van der Waals surface area contributed by atoms with Crippen LogP contribution in [0.5, 0.6) is 11.5 Å². The standard InChI is InChI=1S/C17H25BrO4/c1-3-4-6-13(11-17(19)20)15-8-7-14(12-16(15)21-2)22-10-5-9-18/h7-8,12-13H,3-6,9-11H2,1-2H3,(H,19,20). The van der Waals surface area contributed by atoms with E-state index < -0.39 is 5.97 Å². The van der Waals surface area contributed by atoms with Crippen LogP contribution in [0, 0.1) is 0 Å². The molecule has 0 amide bonds. The molecule has 1 atom stereocenters. The molecule has 0 heterocycles. The van der Waals surface area contributed by atoms with Gasteiger partial charge in [0.05, 0.1) is 20.1 Å². The molecule has 0 aliphatic rings. The van der Waals surface area contributed by atoms with Gasteiger partial charge < -0.3 is 14.6 Å². The molecule has 0 aliphatic carbocycles. The van der Waals surface area contributed by atoms with Crippen molar-refractivity contribution in [3.8, 4) is 11.5 Å². The van der Waals surface area contributed by atoms with Gasteiger partial charge in [0.15, 0.2) is 0 Å². The third-order valence-electron chi connectivity index (χ3n) is 3.52. The van der Waals surface area contributed by atoms with E-state index in [0.29, 0.717) is 12.4 Å². The third-order valence-corrected chi connectivity index (χ3v) is 4.08. The number of hydrogen-bond donors (Lipinski definition) is 1. The van der Waals surface area contributed by atoms with E-state index in [1.165, 1.54) is 0 Å². The number of aliphatic carboxylic acids is 1. The van der Waals surface area contributed by atoms with Gasteiger partial charge in [0.25, 0.3) is 0 Å². The van der Waals surface area contributed by atoms with Crippen LogP contribution in [0.15, 0.2) is 18.2 Å². The Balaban J connectivity index is 2.91. The molecule has 5 heteroatoms. The third kappa shape index (κ3) is 6.26. The van der Waals surface area contributed by atoms with Crippen LogP contribution in [0.1, 0.15) is 50.5 Å². The van der Waals surface area contributed by atoms with Crippen molar-refractivity contribution in [2.45, 2.75) is 44.9 Å². The lowest BCUT2D eigenvalue weighted by Crippen LogP contribution is -2.08. The molecular weight excluding hydrogens is 348 g/mol. The van der Waals surface area contributed by atoms with Crippen molar-refractivity contribution in [1.29, 1.82) is 0 Å². The van der Waals surface area contributed by atoms with Gasteiger partial charge in [-0.2, -0.15) is 0 Å². The van der Waals surface area contributed by atoms with Crippen molar-refractivity contribution >= 4 is 21.9 Å². The maximum atomic E-state index is 11.1. The minimum absolute atomic E-state index is 0.0241. The van der Waals surface area contributed by atoms with Crippen LogP contribution in [0.3, 0.4) is 0 Å². The van der Waals surface area contributed by atoms with E-state index in [0.717, 1.165) is 42.3 Å². The maximum Gasteiger partial charge on any atom is 0.303 e. The van der Waals surface area contributed by atoms with Gasteiger partial charge in [0.1, 0.15) is 11.5 Å². The molecule has 1 aromatic rings. The average Bonchev–Trinajstić information content (AvgIpc) is 2.51. The molecule has 1 unspecified atom stereocenters. The van der Waals surface area contributed by atoms with Crippen LogP contribution in [-0.4, -0.2) is 30.1 Å². The molecular formula is C17H25BrO4. The summed E-state index contributed by atoms with van der Waals surface area (Å²) in [7, 11) is 1.61. The Hall–Kier alpha value is -1.23. The summed E-state index contributed by atoms with van der Waals surface area (Å²) in [6.45, 7) is 2.75. The van der Waals surface area contributed by atoms with Gasteiger partial charge in [-0.15, -0.1) is 0 Å². The predicted molar refractivity (Wildman–Crippen MR) is 91.4 cm³/mol. The highest BCUT2D eigenvalue weighted by Gasteiger charge is 2.19. The first-order valence-corrected chi connectivity index (χ1v) is 8.83. The fourth-order valence-electron chi connectivity index (χ4n) is 2.39. The first-order chi connectivity index (χ1) is 10.6. The van der Waals surface area contributed by atoms with E-state index in [1.807, 2.05) is 18.2 Å². The largest absolute Gasteiger partial charge is 0.496 e. The van der Waals surface area contributed by atoms with Crippen molar-refractivity contribution in [1.82, 2.24) is 0 Å². The molecule has 0 fully saturated rings. The molecule has 0 saturated heterocycles. The number of unbranched alkanes of at least 4 members (excludes halogenated alkanes) is 1. The number of carbonyl (C=O) groups is 1. The van der Waals surface area contributed by atoms with Crippen LogP contribution in [0.4, 0.5) is 0 Å². The molecule has 1 aromatic carbocycles. The lowest BCUT2D eigenvalue weighted by atomic mass is 9.90. The fourth-order valence-corrected chi connectivity index (χ4v) is 2.62. The average molecular weight is 373 g/mol. The van der Waals surface area contributed by atoms with Crippen LogP contribution in [0.25, 0.3) is 0 Å². The van der Waals surface area contributed by atoms with Crippen LogP contribution < -0.4 is 9.47 Å². The van der Waals surface area contributed by atoms with Gasteiger partial charge in [-0.1, -0.05) is 41.8 Å². The van der Waals surface area contributed by atoms with Gasteiger partial charge in [0, 0.05) is 11.4 Å². The second-order valence-electron chi connectivity index (χ2n) is 5.23. The minimum atomic E-state index is -0.777. The summed E-state index contributed by atoms with van der Waals surface area (Å²) in [5.41, 5.74) is 0.950. The molecule has 0 aromatic heterocycles. The van der Waals surface area contributed by atoms with E-state index in [9.17, 15) is 4.79 Å². The Morgan fingerprint density at radius 1 is 1.36 bits per heavy atom. The van der Waals surface area contributed by atoms with Crippen molar-refractivity contribution in [3.63, 3.8) is 0 Å². The zero-order valence-corrected chi connectivity index (χ0v) is 14.9. The van der Waals surface area contributed by atoms with E-state index in [4.69, 9.17) is 14.6 Å². The van der Waals surface area contributed by atoms with E-state index in [-0.39, 0.29) is 12.3 Å². The number of benzene rings is 1. The molecule has 1 N–H and O–H groups in total. The summed E-state index contributed by atoms with van der Waals surface area (Å²) in [6, 6.07) is 5.68. The summed E-state index contributed by atoms with van der Waals surface area (Å²) in [6.07, 6.45) is 3.96. The molecule has 0 saturated carbocycles. The summed E-state index contributed by atoms with van der Waals surface area (Å²) in [5, 5.41) is 10.0. The van der Waals surface area contributed by atoms with E-state index in [2.05, 4.69) is 22.9 Å². The van der Waals surface area contributed by atoms with E-state index >= 15 is 0 Å². The van der Waals surface area contributed by atoms with Crippen molar-refractivity contribution in [2.75, 3.05) is 19.0 Å². The summed E-state index contributed by atoms with van der Waals surface area (Å²) >= 11 is 3.37. The van der Waals surface area contributed by atoms with Crippen molar-refractivity contribution in [3.05, 3.63) is 23.8 Å². The molecule has 22 heavy (non-hydrogen) atoms. The SMILES string of the molecule is CCCCC(CC(=O)O)c1ccc(OCCCBr)cc1OC. The van der Waals surface area contributed by atoms with Gasteiger partial charge in [-0.3, -0.25) is 4.79 Å². The Bertz CT molecular complexity index is 462. The monoisotopic (exact) mass is 372 g/mol. The Morgan fingerprint density at radius 2 is 2.14 bits per heavy atom. The normalized spacial score (nSPS) is 12.0. The van der Waals surface area contributed by atoms with Crippen LogP contribution >= 0.6 is 15.9 Å². The molecule has 4 nitrogen and oxygen atoms in total. The first kappa shape index (κ1) is 18.8. The van der Waals surface area contributed by atoms with Gasteiger partial charge in [0.2, 0.25) is 0 Å². The Labute approximate surface area is 140 Å². The number of rotatable bonds is 11. The number of carboxylic acids is 1.